The minimum absolute atomic E-state index is 0.0832. The predicted octanol–water partition coefficient (Wildman–Crippen LogP) is 3.90. The van der Waals surface area contributed by atoms with E-state index < -0.39 is 0 Å². The molecule has 0 aliphatic rings. The summed E-state index contributed by atoms with van der Waals surface area (Å²) in [6.45, 7) is 2.00. The molecule has 1 amide bonds. The van der Waals surface area contributed by atoms with Gasteiger partial charge in [0.1, 0.15) is 0 Å². The Kier molecular flexibility index (Phi) is 5.59. The van der Waals surface area contributed by atoms with Gasteiger partial charge in [-0.05, 0) is 18.6 Å². The second-order valence-electron chi connectivity index (χ2n) is 3.33. The van der Waals surface area contributed by atoms with Crippen LogP contribution in [0.1, 0.15) is 23.7 Å². The fourth-order valence-corrected chi connectivity index (χ4v) is 2.41. The molecule has 0 saturated carbocycles. The van der Waals surface area contributed by atoms with Crippen molar-refractivity contribution in [2.24, 2.45) is 0 Å². The maximum atomic E-state index is 11.9. The first-order valence-electron chi connectivity index (χ1n) is 4.91. The van der Waals surface area contributed by atoms with Crippen LogP contribution in [0.5, 0.6) is 0 Å². The summed E-state index contributed by atoms with van der Waals surface area (Å²) in [5.74, 6) is -0.234. The summed E-state index contributed by atoms with van der Waals surface area (Å²) in [7, 11) is 0. The van der Waals surface area contributed by atoms with Gasteiger partial charge >= 0.3 is 0 Å². The van der Waals surface area contributed by atoms with Crippen LogP contribution in [0.15, 0.2) is 18.2 Å². The summed E-state index contributed by atoms with van der Waals surface area (Å²) in [5, 5.41) is 4.30. The first kappa shape index (κ1) is 13.8. The van der Waals surface area contributed by atoms with Crippen molar-refractivity contribution in [1.82, 2.24) is 5.32 Å². The van der Waals surface area contributed by atoms with Crippen LogP contribution in [0.3, 0.4) is 0 Å². The lowest BCUT2D eigenvalue weighted by Gasteiger charge is -2.15. The van der Waals surface area contributed by atoms with Crippen molar-refractivity contribution >= 4 is 45.0 Å². The molecule has 1 atom stereocenters. The monoisotopic (exact) mass is 323 g/mol. The first-order chi connectivity index (χ1) is 7.60. The Morgan fingerprint density at radius 3 is 2.44 bits per heavy atom. The molecule has 88 valence electrons. The molecule has 0 radical (unpaired) electrons. The SMILES string of the molecule is CCC(CBr)NC(=O)c1c(Cl)cccc1Cl. The van der Waals surface area contributed by atoms with Crippen molar-refractivity contribution < 1.29 is 4.79 Å². The van der Waals surface area contributed by atoms with E-state index in [1.165, 1.54) is 0 Å². The van der Waals surface area contributed by atoms with Gasteiger partial charge in [0.05, 0.1) is 15.6 Å². The van der Waals surface area contributed by atoms with Crippen molar-refractivity contribution in [3.8, 4) is 0 Å². The Bertz CT molecular complexity index is 360. The van der Waals surface area contributed by atoms with Gasteiger partial charge in [-0.3, -0.25) is 4.79 Å². The Balaban J connectivity index is 2.88. The molecule has 0 aliphatic heterocycles. The standard InChI is InChI=1S/C11H12BrCl2NO/c1-2-7(6-12)15-11(16)10-8(13)4-3-5-9(10)14/h3-5,7H,2,6H2,1H3,(H,15,16). The first-order valence-corrected chi connectivity index (χ1v) is 6.78. The van der Waals surface area contributed by atoms with Crippen LogP contribution in [0.4, 0.5) is 0 Å². The largest absolute Gasteiger partial charge is 0.348 e. The number of hydrogen-bond donors (Lipinski definition) is 1. The number of carbonyl (C=O) groups excluding carboxylic acids is 1. The molecule has 0 aliphatic carbocycles. The molecule has 0 bridgehead atoms. The van der Waals surface area contributed by atoms with Crippen molar-refractivity contribution in [1.29, 1.82) is 0 Å². The Hall–Kier alpha value is -0.250. The molecule has 1 unspecified atom stereocenters. The summed E-state index contributed by atoms with van der Waals surface area (Å²) < 4.78 is 0. The molecule has 1 N–H and O–H groups in total. The van der Waals surface area contributed by atoms with Crippen molar-refractivity contribution in [2.75, 3.05) is 5.33 Å². The summed E-state index contributed by atoms with van der Waals surface area (Å²) in [5.41, 5.74) is 0.338. The smallest absolute Gasteiger partial charge is 0.254 e. The van der Waals surface area contributed by atoms with E-state index in [2.05, 4.69) is 21.2 Å². The molecule has 0 fully saturated rings. The Morgan fingerprint density at radius 1 is 1.44 bits per heavy atom. The second-order valence-corrected chi connectivity index (χ2v) is 4.79. The lowest BCUT2D eigenvalue weighted by atomic mass is 10.2. The van der Waals surface area contributed by atoms with Crippen molar-refractivity contribution in [2.45, 2.75) is 19.4 Å². The molecule has 1 aromatic carbocycles. The third-order valence-corrected chi connectivity index (χ3v) is 3.62. The lowest BCUT2D eigenvalue weighted by Crippen LogP contribution is -2.35. The molecule has 5 heteroatoms. The van der Waals surface area contributed by atoms with Crippen molar-refractivity contribution in [3.05, 3.63) is 33.8 Å². The van der Waals surface area contributed by atoms with E-state index in [1.807, 2.05) is 6.92 Å². The van der Waals surface area contributed by atoms with Gasteiger partial charge in [-0.1, -0.05) is 52.1 Å². The molecule has 16 heavy (non-hydrogen) atoms. The number of alkyl halides is 1. The molecular formula is C11H12BrCl2NO. The summed E-state index contributed by atoms with van der Waals surface area (Å²) >= 11 is 15.2. The summed E-state index contributed by atoms with van der Waals surface area (Å²) in [6.07, 6.45) is 0.846. The number of nitrogens with one attached hydrogen (secondary N) is 1. The van der Waals surface area contributed by atoms with Gasteiger partial charge < -0.3 is 5.32 Å². The topological polar surface area (TPSA) is 29.1 Å². The average molecular weight is 325 g/mol. The maximum absolute atomic E-state index is 11.9. The van der Waals surface area contributed by atoms with Crippen LogP contribution >= 0.6 is 39.1 Å². The number of rotatable bonds is 4. The third kappa shape index (κ3) is 3.37. The van der Waals surface area contributed by atoms with E-state index in [1.54, 1.807) is 18.2 Å². The molecular weight excluding hydrogens is 313 g/mol. The molecule has 0 aromatic heterocycles. The average Bonchev–Trinajstić information content (AvgIpc) is 2.25. The van der Waals surface area contributed by atoms with Gasteiger partial charge in [-0.15, -0.1) is 0 Å². The van der Waals surface area contributed by atoms with Crippen LogP contribution in [0.2, 0.25) is 10.0 Å². The minimum atomic E-state index is -0.234. The van der Waals surface area contributed by atoms with Gasteiger partial charge in [0.2, 0.25) is 0 Å². The van der Waals surface area contributed by atoms with Gasteiger partial charge in [-0.25, -0.2) is 0 Å². The second kappa shape index (κ2) is 6.48. The normalized spacial score (nSPS) is 12.2. The van der Waals surface area contributed by atoms with E-state index in [9.17, 15) is 4.79 Å². The number of halogens is 3. The number of amides is 1. The minimum Gasteiger partial charge on any atom is -0.348 e. The Morgan fingerprint density at radius 2 is 2.00 bits per heavy atom. The molecule has 0 heterocycles. The summed E-state index contributed by atoms with van der Waals surface area (Å²) in [4.78, 5) is 11.9. The molecule has 1 rings (SSSR count). The number of carbonyl (C=O) groups is 1. The van der Waals surface area contributed by atoms with Crippen LogP contribution < -0.4 is 5.32 Å². The number of hydrogen-bond acceptors (Lipinski definition) is 1. The zero-order valence-corrected chi connectivity index (χ0v) is 11.9. The fourth-order valence-electron chi connectivity index (χ4n) is 1.22. The highest BCUT2D eigenvalue weighted by Crippen LogP contribution is 2.24. The molecule has 0 saturated heterocycles. The van der Waals surface area contributed by atoms with Gasteiger partial charge in [0, 0.05) is 11.4 Å². The van der Waals surface area contributed by atoms with E-state index in [0.29, 0.717) is 20.9 Å². The maximum Gasteiger partial charge on any atom is 0.254 e. The van der Waals surface area contributed by atoms with E-state index in [4.69, 9.17) is 23.2 Å². The van der Waals surface area contributed by atoms with Gasteiger partial charge in [-0.2, -0.15) is 0 Å². The highest BCUT2D eigenvalue weighted by Gasteiger charge is 2.16. The zero-order chi connectivity index (χ0) is 12.1. The Labute approximate surface area is 113 Å². The van der Waals surface area contributed by atoms with E-state index >= 15 is 0 Å². The van der Waals surface area contributed by atoms with Crippen LogP contribution in [0, 0.1) is 0 Å². The number of benzene rings is 1. The van der Waals surface area contributed by atoms with E-state index in [0.717, 1.165) is 6.42 Å². The highest BCUT2D eigenvalue weighted by atomic mass is 79.9. The predicted molar refractivity (Wildman–Crippen MR) is 71.8 cm³/mol. The van der Waals surface area contributed by atoms with Gasteiger partial charge in [0.25, 0.3) is 5.91 Å². The zero-order valence-electron chi connectivity index (χ0n) is 8.77. The van der Waals surface area contributed by atoms with Crippen molar-refractivity contribution in [3.63, 3.8) is 0 Å². The third-order valence-electron chi connectivity index (χ3n) is 2.20. The van der Waals surface area contributed by atoms with Crippen LogP contribution in [0.25, 0.3) is 0 Å². The fraction of sp³-hybridized carbons (Fsp3) is 0.364. The highest BCUT2D eigenvalue weighted by molar-refractivity contribution is 9.09. The molecule has 0 spiro atoms. The molecule has 2 nitrogen and oxygen atoms in total. The van der Waals surface area contributed by atoms with Gasteiger partial charge in [0.15, 0.2) is 0 Å². The summed E-state index contributed by atoms with van der Waals surface area (Å²) in [6, 6.07) is 5.10. The van der Waals surface area contributed by atoms with Crippen LogP contribution in [-0.4, -0.2) is 17.3 Å². The van der Waals surface area contributed by atoms with Crippen LogP contribution in [-0.2, 0) is 0 Å². The quantitative estimate of drug-likeness (QED) is 0.836. The van der Waals surface area contributed by atoms with E-state index in [-0.39, 0.29) is 11.9 Å². The molecule has 1 aromatic rings. The lowest BCUT2D eigenvalue weighted by molar-refractivity contribution is 0.0940.